The number of hydrogen-bond donors (Lipinski definition) is 1. The molecular formula is C24H37N3O. The van der Waals surface area contributed by atoms with E-state index in [2.05, 4.69) is 46.6 Å². The van der Waals surface area contributed by atoms with E-state index in [1.165, 1.54) is 76.2 Å². The summed E-state index contributed by atoms with van der Waals surface area (Å²) in [7, 11) is 0. The quantitative estimate of drug-likeness (QED) is 0.438. The van der Waals surface area contributed by atoms with Crippen LogP contribution in [0.1, 0.15) is 94.9 Å². The highest BCUT2D eigenvalue weighted by molar-refractivity contribution is 5.54. The fourth-order valence-electron chi connectivity index (χ4n) is 4.04. The fourth-order valence-corrected chi connectivity index (χ4v) is 4.04. The van der Waals surface area contributed by atoms with Gasteiger partial charge in [0.1, 0.15) is 0 Å². The lowest BCUT2D eigenvalue weighted by Gasteiger charge is -2.18. The zero-order chi connectivity index (χ0) is 19.4. The van der Waals surface area contributed by atoms with Crippen LogP contribution in [0.5, 0.6) is 0 Å². The van der Waals surface area contributed by atoms with E-state index in [1.807, 2.05) is 0 Å². The first-order valence-corrected chi connectivity index (χ1v) is 11.5. The summed E-state index contributed by atoms with van der Waals surface area (Å²) in [4.78, 5) is 4.64. The molecule has 1 N–H and O–H groups in total. The predicted octanol–water partition coefficient (Wildman–Crippen LogP) is 6.28. The first-order chi connectivity index (χ1) is 13.9. The maximum Gasteiger partial charge on any atom is 0.231 e. The molecule has 1 aromatic carbocycles. The van der Waals surface area contributed by atoms with Crippen LogP contribution in [0.25, 0.3) is 11.4 Å². The summed E-state index contributed by atoms with van der Waals surface area (Å²) in [5, 5.41) is 7.61. The van der Waals surface area contributed by atoms with Crippen LogP contribution in [0.2, 0.25) is 0 Å². The monoisotopic (exact) mass is 383 g/mol. The van der Waals surface area contributed by atoms with Crippen LogP contribution in [0.3, 0.4) is 0 Å². The average molecular weight is 384 g/mol. The van der Waals surface area contributed by atoms with Crippen molar-refractivity contribution in [2.75, 3.05) is 13.1 Å². The Labute approximate surface area is 170 Å². The maximum absolute atomic E-state index is 5.52. The molecule has 4 nitrogen and oxygen atoms in total. The van der Waals surface area contributed by atoms with Gasteiger partial charge in [-0.15, -0.1) is 0 Å². The Bertz CT molecular complexity index is 659. The summed E-state index contributed by atoms with van der Waals surface area (Å²) in [6.07, 6.45) is 15.9. The molecule has 3 rings (SSSR count). The zero-order valence-corrected chi connectivity index (χ0v) is 17.6. The number of benzene rings is 1. The van der Waals surface area contributed by atoms with Gasteiger partial charge in [-0.1, -0.05) is 87.7 Å². The maximum atomic E-state index is 5.52. The highest BCUT2D eigenvalue weighted by Gasteiger charge is 2.21. The van der Waals surface area contributed by atoms with E-state index in [1.54, 1.807) is 0 Å². The summed E-state index contributed by atoms with van der Waals surface area (Å²) in [6, 6.07) is 8.71. The minimum atomic E-state index is 0.362. The van der Waals surface area contributed by atoms with Crippen molar-refractivity contribution in [2.24, 2.45) is 0 Å². The molecule has 1 aliphatic heterocycles. The Morgan fingerprint density at radius 3 is 2.36 bits per heavy atom. The lowest BCUT2D eigenvalue weighted by Crippen LogP contribution is -2.28. The summed E-state index contributed by atoms with van der Waals surface area (Å²) in [5.41, 5.74) is 2.46. The third-order valence-electron chi connectivity index (χ3n) is 5.87. The van der Waals surface area contributed by atoms with Gasteiger partial charge in [-0.2, -0.15) is 4.98 Å². The largest absolute Gasteiger partial charge is 0.339 e. The smallest absolute Gasteiger partial charge is 0.231 e. The minimum Gasteiger partial charge on any atom is -0.339 e. The Balaban J connectivity index is 1.36. The third-order valence-corrected chi connectivity index (χ3v) is 5.87. The molecule has 1 aliphatic rings. The Kier molecular flexibility index (Phi) is 9.02. The molecule has 1 atom stereocenters. The molecule has 1 aromatic heterocycles. The molecule has 28 heavy (non-hydrogen) atoms. The van der Waals surface area contributed by atoms with Crippen molar-refractivity contribution in [1.29, 1.82) is 0 Å². The number of nitrogens with one attached hydrogen (secondary N) is 1. The van der Waals surface area contributed by atoms with E-state index in [0.717, 1.165) is 36.8 Å². The van der Waals surface area contributed by atoms with Crippen molar-refractivity contribution in [1.82, 2.24) is 15.5 Å². The van der Waals surface area contributed by atoms with E-state index in [9.17, 15) is 0 Å². The predicted molar refractivity (Wildman–Crippen MR) is 116 cm³/mol. The van der Waals surface area contributed by atoms with Gasteiger partial charge in [0.15, 0.2) is 0 Å². The van der Waals surface area contributed by atoms with E-state index in [0.29, 0.717) is 5.92 Å². The van der Waals surface area contributed by atoms with Crippen molar-refractivity contribution in [3.8, 4) is 11.4 Å². The van der Waals surface area contributed by atoms with Crippen LogP contribution in [0, 0.1) is 0 Å². The van der Waals surface area contributed by atoms with Gasteiger partial charge in [-0.25, -0.2) is 0 Å². The van der Waals surface area contributed by atoms with Gasteiger partial charge >= 0.3 is 0 Å². The molecule has 1 fully saturated rings. The Hall–Kier alpha value is -1.68. The Morgan fingerprint density at radius 2 is 1.68 bits per heavy atom. The molecule has 1 saturated heterocycles. The van der Waals surface area contributed by atoms with Crippen LogP contribution in [0.15, 0.2) is 28.8 Å². The van der Waals surface area contributed by atoms with Crippen LogP contribution in [-0.4, -0.2) is 23.2 Å². The van der Waals surface area contributed by atoms with Gasteiger partial charge in [0.05, 0.1) is 5.92 Å². The van der Waals surface area contributed by atoms with E-state index in [4.69, 9.17) is 4.52 Å². The highest BCUT2D eigenvalue weighted by atomic mass is 16.5. The van der Waals surface area contributed by atoms with Crippen molar-refractivity contribution in [2.45, 2.75) is 89.9 Å². The lowest BCUT2D eigenvalue weighted by molar-refractivity contribution is 0.322. The number of aryl methyl sites for hydroxylation is 1. The van der Waals surface area contributed by atoms with Gasteiger partial charge in [0, 0.05) is 12.1 Å². The minimum absolute atomic E-state index is 0.362. The summed E-state index contributed by atoms with van der Waals surface area (Å²) < 4.78 is 5.52. The molecule has 4 heteroatoms. The van der Waals surface area contributed by atoms with Crippen LogP contribution >= 0.6 is 0 Å². The van der Waals surface area contributed by atoms with Crippen LogP contribution in [-0.2, 0) is 6.42 Å². The molecule has 0 aliphatic carbocycles. The first kappa shape index (κ1) is 21.0. The molecular weight excluding hydrogens is 346 g/mol. The number of piperidine rings is 1. The van der Waals surface area contributed by atoms with Gasteiger partial charge in [0.2, 0.25) is 11.7 Å². The SMILES string of the molecule is CCCCCCCCCCCc1ccc(-c2noc(C3CCCNC3)n2)cc1. The lowest BCUT2D eigenvalue weighted by atomic mass is 10.00. The fraction of sp³-hybridized carbons (Fsp3) is 0.667. The Morgan fingerprint density at radius 1 is 0.964 bits per heavy atom. The van der Waals surface area contributed by atoms with Crippen molar-refractivity contribution < 1.29 is 4.52 Å². The van der Waals surface area contributed by atoms with E-state index >= 15 is 0 Å². The molecule has 0 radical (unpaired) electrons. The van der Waals surface area contributed by atoms with Crippen molar-refractivity contribution in [3.05, 3.63) is 35.7 Å². The molecule has 2 heterocycles. The number of aromatic nitrogens is 2. The number of rotatable bonds is 12. The molecule has 1 unspecified atom stereocenters. The number of unbranched alkanes of at least 4 members (excludes halogenated alkanes) is 8. The molecule has 0 saturated carbocycles. The van der Waals surface area contributed by atoms with Crippen LogP contribution in [0.4, 0.5) is 0 Å². The summed E-state index contributed by atoms with van der Waals surface area (Å²) in [5.74, 6) is 1.86. The molecule has 0 bridgehead atoms. The highest BCUT2D eigenvalue weighted by Crippen LogP contribution is 2.25. The van der Waals surface area contributed by atoms with E-state index < -0.39 is 0 Å². The van der Waals surface area contributed by atoms with Gasteiger partial charge in [0.25, 0.3) is 0 Å². The van der Waals surface area contributed by atoms with Gasteiger partial charge in [-0.05, 0) is 37.8 Å². The van der Waals surface area contributed by atoms with Crippen molar-refractivity contribution in [3.63, 3.8) is 0 Å². The van der Waals surface area contributed by atoms with Crippen molar-refractivity contribution >= 4 is 0 Å². The normalized spacial score (nSPS) is 17.1. The van der Waals surface area contributed by atoms with E-state index in [-0.39, 0.29) is 0 Å². The number of nitrogens with zero attached hydrogens (tertiary/aromatic N) is 2. The second kappa shape index (κ2) is 12.0. The topological polar surface area (TPSA) is 51.0 Å². The molecule has 154 valence electrons. The summed E-state index contributed by atoms with van der Waals surface area (Å²) in [6.45, 7) is 4.32. The third kappa shape index (κ3) is 6.73. The van der Waals surface area contributed by atoms with Crippen LogP contribution < -0.4 is 5.32 Å². The molecule has 0 spiro atoms. The first-order valence-electron chi connectivity index (χ1n) is 11.5. The van der Waals surface area contributed by atoms with Gasteiger partial charge in [-0.3, -0.25) is 0 Å². The standard InChI is InChI=1S/C24H37N3O/c1-2-3-4-5-6-7-8-9-10-12-20-14-16-21(17-15-20)23-26-24(28-27-23)22-13-11-18-25-19-22/h14-17,22,25H,2-13,18-19H2,1H3. The zero-order valence-electron chi connectivity index (χ0n) is 17.6. The summed E-state index contributed by atoms with van der Waals surface area (Å²) >= 11 is 0. The molecule has 2 aromatic rings. The second-order valence-electron chi connectivity index (χ2n) is 8.27. The average Bonchev–Trinajstić information content (AvgIpc) is 3.24. The molecule has 0 amide bonds. The number of hydrogen-bond acceptors (Lipinski definition) is 4. The van der Waals surface area contributed by atoms with Gasteiger partial charge < -0.3 is 9.84 Å². The second-order valence-corrected chi connectivity index (χ2v) is 8.27.